The standard InChI is InChI=1S/C17H34N2O/c1-4-10-18-13-17(8-6-5-7-9-17)15-19-11-12-20-16(2,3)14-19/h18H,4-15H2,1-3H3. The molecule has 1 N–H and O–H groups in total. The first-order valence-electron chi connectivity index (χ1n) is 8.62. The van der Waals surface area contributed by atoms with Crippen LogP contribution < -0.4 is 5.32 Å². The molecule has 1 aliphatic carbocycles. The number of ether oxygens (including phenoxy) is 1. The molecule has 118 valence electrons. The molecule has 3 nitrogen and oxygen atoms in total. The third-order valence-corrected chi connectivity index (χ3v) is 4.90. The molecule has 1 heterocycles. The van der Waals surface area contributed by atoms with E-state index in [4.69, 9.17) is 4.74 Å². The summed E-state index contributed by atoms with van der Waals surface area (Å²) in [5.74, 6) is 0. The second-order valence-corrected chi connectivity index (χ2v) is 7.56. The molecule has 0 spiro atoms. The van der Waals surface area contributed by atoms with Gasteiger partial charge in [-0.2, -0.15) is 0 Å². The number of morpholine rings is 1. The minimum absolute atomic E-state index is 0.0327. The van der Waals surface area contributed by atoms with Crippen molar-refractivity contribution < 1.29 is 4.74 Å². The highest BCUT2D eigenvalue weighted by molar-refractivity contribution is 4.90. The molecule has 0 amide bonds. The molecule has 1 saturated heterocycles. The van der Waals surface area contributed by atoms with Crippen LogP contribution in [0.15, 0.2) is 0 Å². The summed E-state index contributed by atoms with van der Waals surface area (Å²) >= 11 is 0. The van der Waals surface area contributed by atoms with E-state index in [1.165, 1.54) is 51.6 Å². The lowest BCUT2D eigenvalue weighted by Gasteiger charge is -2.45. The van der Waals surface area contributed by atoms with E-state index in [-0.39, 0.29) is 5.60 Å². The van der Waals surface area contributed by atoms with Crippen molar-refractivity contribution in [3.63, 3.8) is 0 Å². The average molecular weight is 282 g/mol. The SMILES string of the molecule is CCCNCC1(CN2CCOC(C)(C)C2)CCCCC1. The Balaban J connectivity index is 1.92. The molecule has 0 radical (unpaired) electrons. The molecule has 0 aromatic heterocycles. The zero-order chi connectivity index (χ0) is 14.5. The van der Waals surface area contributed by atoms with Gasteiger partial charge in [0.25, 0.3) is 0 Å². The fraction of sp³-hybridized carbons (Fsp3) is 1.00. The average Bonchev–Trinajstić information content (AvgIpc) is 2.39. The Morgan fingerprint density at radius 3 is 2.55 bits per heavy atom. The molecule has 1 aliphatic heterocycles. The molecule has 20 heavy (non-hydrogen) atoms. The fourth-order valence-electron chi connectivity index (χ4n) is 3.95. The molecule has 3 heteroatoms. The van der Waals surface area contributed by atoms with E-state index in [1.807, 2.05) is 0 Å². The lowest BCUT2D eigenvalue weighted by Crippen LogP contribution is -2.53. The highest BCUT2D eigenvalue weighted by Crippen LogP contribution is 2.37. The molecule has 2 aliphatic rings. The summed E-state index contributed by atoms with van der Waals surface area (Å²) in [6.45, 7) is 13.4. The molecule has 0 atom stereocenters. The van der Waals surface area contributed by atoms with Crippen LogP contribution in [0, 0.1) is 5.41 Å². The van der Waals surface area contributed by atoms with Crippen molar-refractivity contribution in [2.24, 2.45) is 5.41 Å². The summed E-state index contributed by atoms with van der Waals surface area (Å²) in [5.41, 5.74) is 0.547. The lowest BCUT2D eigenvalue weighted by atomic mass is 9.73. The number of rotatable bonds is 6. The van der Waals surface area contributed by atoms with Gasteiger partial charge in [0, 0.05) is 26.2 Å². The van der Waals surface area contributed by atoms with Gasteiger partial charge in [0.15, 0.2) is 0 Å². The van der Waals surface area contributed by atoms with Crippen LogP contribution in [-0.4, -0.2) is 49.8 Å². The Labute approximate surface area is 125 Å². The quantitative estimate of drug-likeness (QED) is 0.758. The van der Waals surface area contributed by atoms with Crippen LogP contribution in [0.2, 0.25) is 0 Å². The van der Waals surface area contributed by atoms with Gasteiger partial charge in [-0.1, -0.05) is 26.2 Å². The minimum atomic E-state index is 0.0327. The predicted molar refractivity (Wildman–Crippen MR) is 85.1 cm³/mol. The Hall–Kier alpha value is -0.120. The normalized spacial score (nSPS) is 26.6. The summed E-state index contributed by atoms with van der Waals surface area (Å²) in [5, 5.41) is 3.70. The van der Waals surface area contributed by atoms with Crippen LogP contribution >= 0.6 is 0 Å². The highest BCUT2D eigenvalue weighted by atomic mass is 16.5. The second-order valence-electron chi connectivity index (χ2n) is 7.56. The van der Waals surface area contributed by atoms with Crippen molar-refractivity contribution in [1.82, 2.24) is 10.2 Å². The predicted octanol–water partition coefficient (Wildman–Crippen LogP) is 3.05. The summed E-state index contributed by atoms with van der Waals surface area (Å²) < 4.78 is 5.86. The smallest absolute Gasteiger partial charge is 0.0753 e. The first-order valence-corrected chi connectivity index (χ1v) is 8.62. The molecule has 0 bridgehead atoms. The van der Waals surface area contributed by atoms with Crippen LogP contribution in [0.5, 0.6) is 0 Å². The summed E-state index contributed by atoms with van der Waals surface area (Å²) in [6.07, 6.45) is 8.32. The number of nitrogens with one attached hydrogen (secondary N) is 1. The van der Waals surface area contributed by atoms with Gasteiger partial charge in [0.05, 0.1) is 12.2 Å². The Morgan fingerprint density at radius 2 is 1.90 bits per heavy atom. The molecular formula is C17H34N2O. The van der Waals surface area contributed by atoms with Crippen molar-refractivity contribution in [3.05, 3.63) is 0 Å². The molecule has 0 unspecified atom stereocenters. The summed E-state index contributed by atoms with van der Waals surface area (Å²) in [4.78, 5) is 2.66. The summed E-state index contributed by atoms with van der Waals surface area (Å²) in [6, 6.07) is 0. The van der Waals surface area contributed by atoms with Gasteiger partial charge in [-0.05, 0) is 45.1 Å². The Morgan fingerprint density at radius 1 is 1.15 bits per heavy atom. The first-order chi connectivity index (χ1) is 9.55. The van der Waals surface area contributed by atoms with Crippen molar-refractivity contribution >= 4 is 0 Å². The molecule has 2 fully saturated rings. The van der Waals surface area contributed by atoms with Gasteiger partial charge in [-0.25, -0.2) is 0 Å². The van der Waals surface area contributed by atoms with Gasteiger partial charge in [-0.3, -0.25) is 4.90 Å². The molecule has 1 saturated carbocycles. The van der Waals surface area contributed by atoms with E-state index < -0.39 is 0 Å². The van der Waals surface area contributed by atoms with E-state index >= 15 is 0 Å². The second kappa shape index (κ2) is 7.24. The molecule has 0 aromatic rings. The van der Waals surface area contributed by atoms with Crippen LogP contribution in [0.25, 0.3) is 0 Å². The maximum absolute atomic E-state index is 5.86. The number of nitrogens with zero attached hydrogens (tertiary/aromatic N) is 1. The third kappa shape index (κ3) is 4.71. The van der Waals surface area contributed by atoms with Crippen molar-refractivity contribution in [1.29, 1.82) is 0 Å². The number of hydrogen-bond donors (Lipinski definition) is 1. The van der Waals surface area contributed by atoms with Crippen molar-refractivity contribution in [2.45, 2.75) is 64.9 Å². The largest absolute Gasteiger partial charge is 0.373 e. The van der Waals surface area contributed by atoms with Gasteiger partial charge in [-0.15, -0.1) is 0 Å². The van der Waals surface area contributed by atoms with E-state index in [2.05, 4.69) is 31.0 Å². The lowest BCUT2D eigenvalue weighted by molar-refractivity contribution is -0.0964. The Kier molecular flexibility index (Phi) is 5.88. The zero-order valence-electron chi connectivity index (χ0n) is 13.8. The van der Waals surface area contributed by atoms with Gasteiger partial charge in [0.2, 0.25) is 0 Å². The van der Waals surface area contributed by atoms with Crippen LogP contribution in [-0.2, 0) is 4.74 Å². The van der Waals surface area contributed by atoms with Crippen LogP contribution in [0.1, 0.15) is 59.3 Å². The molecule has 2 rings (SSSR count). The monoisotopic (exact) mass is 282 g/mol. The molecule has 0 aromatic carbocycles. The van der Waals surface area contributed by atoms with Crippen LogP contribution in [0.3, 0.4) is 0 Å². The molecular weight excluding hydrogens is 248 g/mol. The third-order valence-electron chi connectivity index (χ3n) is 4.90. The van der Waals surface area contributed by atoms with E-state index in [9.17, 15) is 0 Å². The maximum atomic E-state index is 5.86. The topological polar surface area (TPSA) is 24.5 Å². The first kappa shape index (κ1) is 16.3. The minimum Gasteiger partial charge on any atom is -0.373 e. The zero-order valence-corrected chi connectivity index (χ0v) is 13.8. The fourth-order valence-corrected chi connectivity index (χ4v) is 3.95. The Bertz CT molecular complexity index is 285. The maximum Gasteiger partial charge on any atom is 0.0753 e. The van der Waals surface area contributed by atoms with Crippen molar-refractivity contribution in [2.75, 3.05) is 39.3 Å². The van der Waals surface area contributed by atoms with E-state index in [1.54, 1.807) is 0 Å². The number of hydrogen-bond acceptors (Lipinski definition) is 3. The van der Waals surface area contributed by atoms with Gasteiger partial charge < -0.3 is 10.1 Å². The van der Waals surface area contributed by atoms with E-state index in [0.717, 1.165) is 26.2 Å². The summed E-state index contributed by atoms with van der Waals surface area (Å²) in [7, 11) is 0. The van der Waals surface area contributed by atoms with E-state index in [0.29, 0.717) is 5.41 Å². The van der Waals surface area contributed by atoms with Gasteiger partial charge >= 0.3 is 0 Å². The van der Waals surface area contributed by atoms with Crippen LogP contribution in [0.4, 0.5) is 0 Å². The van der Waals surface area contributed by atoms with Crippen molar-refractivity contribution in [3.8, 4) is 0 Å². The van der Waals surface area contributed by atoms with Gasteiger partial charge in [0.1, 0.15) is 0 Å². The highest BCUT2D eigenvalue weighted by Gasteiger charge is 2.36.